The predicted octanol–water partition coefficient (Wildman–Crippen LogP) is 16.2. The third-order valence-corrected chi connectivity index (χ3v) is 13.9. The van der Waals surface area contributed by atoms with Crippen LogP contribution < -0.4 is 14.4 Å². The summed E-state index contributed by atoms with van der Waals surface area (Å²) in [7, 11) is 0. The van der Waals surface area contributed by atoms with Gasteiger partial charge in [0, 0.05) is 33.4 Å². The topological polar surface area (TPSA) is 26.6 Å². The zero-order chi connectivity index (χ0) is 42.6. The molecule has 4 heteroatoms. The van der Waals surface area contributed by atoms with Crippen LogP contribution >= 0.6 is 0 Å². The van der Waals surface area contributed by atoms with Crippen molar-refractivity contribution in [2.24, 2.45) is 0 Å². The summed E-state index contributed by atoms with van der Waals surface area (Å²) in [5.74, 6) is 2.78. The Morgan fingerprint density at radius 3 is 1.65 bits per heavy atom. The van der Waals surface area contributed by atoms with Crippen LogP contribution in [0.15, 0.2) is 231 Å². The first-order chi connectivity index (χ1) is 32.3. The number of anilines is 3. The van der Waals surface area contributed by atoms with Crippen LogP contribution in [0.25, 0.3) is 60.9 Å². The molecule has 11 aromatic rings. The summed E-state index contributed by atoms with van der Waals surface area (Å²) in [6.45, 7) is 0. The molecule has 0 unspecified atom stereocenters. The molecule has 1 spiro atoms. The number of aromatic nitrogens is 1. The van der Waals surface area contributed by atoms with Crippen LogP contribution in [0.1, 0.15) is 22.3 Å². The van der Waals surface area contributed by atoms with Crippen molar-refractivity contribution in [3.63, 3.8) is 0 Å². The second kappa shape index (κ2) is 13.7. The molecule has 65 heavy (non-hydrogen) atoms. The molecule has 0 amide bonds. The van der Waals surface area contributed by atoms with Crippen molar-refractivity contribution in [3.8, 4) is 62.1 Å². The van der Waals surface area contributed by atoms with Crippen molar-refractivity contribution in [2.75, 3.05) is 4.90 Å². The third kappa shape index (κ3) is 5.02. The second-order valence-electron chi connectivity index (χ2n) is 17.1. The lowest BCUT2D eigenvalue weighted by molar-refractivity contribution is 0.361. The van der Waals surface area contributed by atoms with Gasteiger partial charge in [-0.3, -0.25) is 0 Å². The maximum atomic E-state index is 7.37. The first kappa shape index (κ1) is 35.9. The van der Waals surface area contributed by atoms with Crippen LogP contribution in [0.2, 0.25) is 0 Å². The Labute approximate surface area is 376 Å². The highest BCUT2D eigenvalue weighted by Gasteiger charge is 2.53. The molecule has 304 valence electrons. The number of para-hydroxylation sites is 4. The minimum Gasteiger partial charge on any atom is -0.449 e. The van der Waals surface area contributed by atoms with Gasteiger partial charge in [0.25, 0.3) is 0 Å². The Morgan fingerprint density at radius 2 is 0.938 bits per heavy atom. The molecule has 2 heterocycles. The van der Waals surface area contributed by atoms with Gasteiger partial charge in [-0.15, -0.1) is 0 Å². The van der Waals surface area contributed by atoms with Crippen molar-refractivity contribution in [2.45, 2.75) is 5.41 Å². The van der Waals surface area contributed by atoms with Crippen LogP contribution in [-0.4, -0.2) is 4.57 Å². The average molecular weight is 831 g/mol. The van der Waals surface area contributed by atoms with Crippen molar-refractivity contribution in [3.05, 3.63) is 253 Å². The fourth-order valence-corrected chi connectivity index (χ4v) is 11.2. The molecule has 0 saturated carbocycles. The lowest BCUT2D eigenvalue weighted by atomic mass is 9.70. The Hall–Kier alpha value is -8.60. The SMILES string of the molecule is c1ccc(N(c2cccc(-c3ccc(-n4c5ccccc5c5ccccc54)cc3)c2)c2cccc3c2Oc2c(ccc4c2-c2ccccc2C42c4ccccc4-c4ccccc42)O3)cc1. The van der Waals surface area contributed by atoms with E-state index in [1.165, 1.54) is 55.2 Å². The van der Waals surface area contributed by atoms with Crippen molar-refractivity contribution in [1.82, 2.24) is 4.57 Å². The summed E-state index contributed by atoms with van der Waals surface area (Å²) < 4.78 is 16.6. The fourth-order valence-electron chi connectivity index (χ4n) is 11.2. The maximum absolute atomic E-state index is 7.37. The lowest BCUT2D eigenvalue weighted by Gasteiger charge is -2.32. The maximum Gasteiger partial charge on any atom is 0.194 e. The lowest BCUT2D eigenvalue weighted by Crippen LogP contribution is -2.25. The second-order valence-corrected chi connectivity index (χ2v) is 17.1. The minimum atomic E-state index is -0.491. The smallest absolute Gasteiger partial charge is 0.194 e. The van der Waals surface area contributed by atoms with Gasteiger partial charge in [0.05, 0.1) is 22.1 Å². The van der Waals surface area contributed by atoms with Gasteiger partial charge in [-0.2, -0.15) is 0 Å². The molecule has 1 aliphatic heterocycles. The van der Waals surface area contributed by atoms with E-state index < -0.39 is 5.41 Å². The first-order valence-electron chi connectivity index (χ1n) is 22.3. The molecule has 0 bridgehead atoms. The van der Waals surface area contributed by atoms with E-state index in [2.05, 4.69) is 234 Å². The van der Waals surface area contributed by atoms with Gasteiger partial charge >= 0.3 is 0 Å². The Balaban J connectivity index is 0.894. The monoisotopic (exact) mass is 830 g/mol. The van der Waals surface area contributed by atoms with E-state index in [4.69, 9.17) is 9.47 Å². The van der Waals surface area contributed by atoms with Gasteiger partial charge in [0.2, 0.25) is 0 Å². The standard InChI is InChI=1S/C61H38N2O2/c1-2-17-41(18-3-1)62(43-19-14-16-40(38-43)39-32-34-42(35-33-39)63-53-28-12-7-22-46(53)47-23-8-13-29-54(47)63)55-30-15-31-56-59(55)65-60-57(64-56)37-36-52-58(60)48-24-6-11-27-51(48)61(52)49-25-9-4-20-44(49)45-21-5-10-26-50(45)61/h1-38H. The molecule has 2 aliphatic carbocycles. The highest BCUT2D eigenvalue weighted by Crippen LogP contribution is 2.67. The van der Waals surface area contributed by atoms with Crippen LogP contribution in [0.5, 0.6) is 23.0 Å². The number of hydrogen-bond donors (Lipinski definition) is 0. The van der Waals surface area contributed by atoms with E-state index >= 15 is 0 Å². The number of benzene rings is 10. The minimum absolute atomic E-state index is 0.491. The largest absolute Gasteiger partial charge is 0.449 e. The Kier molecular flexibility index (Phi) is 7.57. The van der Waals surface area contributed by atoms with Crippen molar-refractivity contribution >= 4 is 38.9 Å². The molecule has 1 aromatic heterocycles. The van der Waals surface area contributed by atoms with Crippen LogP contribution in [-0.2, 0) is 5.41 Å². The van der Waals surface area contributed by atoms with Gasteiger partial charge < -0.3 is 18.9 Å². The fraction of sp³-hybridized carbons (Fsp3) is 0.0164. The number of rotatable bonds is 5. The molecular formula is C61H38N2O2. The highest BCUT2D eigenvalue weighted by molar-refractivity contribution is 6.09. The van der Waals surface area contributed by atoms with Gasteiger partial charge in [-0.1, -0.05) is 164 Å². The normalized spacial score (nSPS) is 13.3. The number of hydrogen-bond acceptors (Lipinski definition) is 3. The van der Waals surface area contributed by atoms with E-state index in [9.17, 15) is 0 Å². The zero-order valence-electron chi connectivity index (χ0n) is 35.2. The summed E-state index contributed by atoms with van der Waals surface area (Å²) in [6, 6.07) is 82.7. The molecule has 14 rings (SSSR count). The Bertz CT molecular complexity index is 3640. The summed E-state index contributed by atoms with van der Waals surface area (Å²) in [6.07, 6.45) is 0. The van der Waals surface area contributed by atoms with Gasteiger partial charge in [0.1, 0.15) is 0 Å². The summed E-state index contributed by atoms with van der Waals surface area (Å²) in [4.78, 5) is 2.28. The van der Waals surface area contributed by atoms with E-state index in [-0.39, 0.29) is 0 Å². The molecule has 0 radical (unpaired) electrons. The van der Waals surface area contributed by atoms with Gasteiger partial charge in [-0.05, 0) is 117 Å². The molecule has 10 aromatic carbocycles. The molecule has 0 saturated heterocycles. The third-order valence-electron chi connectivity index (χ3n) is 13.9. The first-order valence-corrected chi connectivity index (χ1v) is 22.3. The highest BCUT2D eigenvalue weighted by atomic mass is 16.6. The predicted molar refractivity (Wildman–Crippen MR) is 264 cm³/mol. The summed E-state index contributed by atoms with van der Waals surface area (Å²) in [5.41, 5.74) is 18.0. The van der Waals surface area contributed by atoms with E-state index in [1.807, 2.05) is 6.07 Å². The molecule has 3 aliphatic rings. The zero-order valence-corrected chi connectivity index (χ0v) is 35.2. The quantitative estimate of drug-likeness (QED) is 0.173. The summed E-state index contributed by atoms with van der Waals surface area (Å²) in [5, 5.41) is 2.51. The molecule has 0 N–H and O–H groups in total. The summed E-state index contributed by atoms with van der Waals surface area (Å²) >= 11 is 0. The van der Waals surface area contributed by atoms with Crippen LogP contribution in [0, 0.1) is 0 Å². The van der Waals surface area contributed by atoms with Crippen molar-refractivity contribution in [1.29, 1.82) is 0 Å². The number of fused-ring (bicyclic) bond motifs is 16. The van der Waals surface area contributed by atoms with Crippen molar-refractivity contribution < 1.29 is 9.47 Å². The van der Waals surface area contributed by atoms with E-state index in [0.717, 1.165) is 50.8 Å². The van der Waals surface area contributed by atoms with Gasteiger partial charge in [0.15, 0.2) is 23.0 Å². The molecule has 0 atom stereocenters. The number of ether oxygens (including phenoxy) is 2. The molecule has 4 nitrogen and oxygen atoms in total. The van der Waals surface area contributed by atoms with Crippen LogP contribution in [0.3, 0.4) is 0 Å². The van der Waals surface area contributed by atoms with E-state index in [0.29, 0.717) is 17.2 Å². The van der Waals surface area contributed by atoms with Gasteiger partial charge in [-0.25, -0.2) is 0 Å². The Morgan fingerprint density at radius 1 is 0.369 bits per heavy atom. The average Bonchev–Trinajstić information content (AvgIpc) is 3.99. The van der Waals surface area contributed by atoms with E-state index in [1.54, 1.807) is 0 Å². The van der Waals surface area contributed by atoms with Crippen LogP contribution in [0.4, 0.5) is 17.1 Å². The number of nitrogens with zero attached hydrogens (tertiary/aromatic N) is 2. The molecular weight excluding hydrogens is 793 g/mol. The molecule has 0 fully saturated rings.